The van der Waals surface area contributed by atoms with Gasteiger partial charge in [-0.2, -0.15) is 13.8 Å². The molecule has 0 fully saturated rings. The average molecular weight is 563 g/mol. The summed E-state index contributed by atoms with van der Waals surface area (Å²) in [5.41, 5.74) is 1.42. The van der Waals surface area contributed by atoms with Crippen LogP contribution in [0.5, 0.6) is 34.8 Å². The monoisotopic (exact) mass is 562 g/mol. The summed E-state index contributed by atoms with van der Waals surface area (Å²) >= 11 is 0. The molecule has 0 bridgehead atoms. The molecule has 3 N–H and O–H groups in total. The normalized spacial score (nSPS) is 10.4. The summed E-state index contributed by atoms with van der Waals surface area (Å²) in [7, 11) is 0. The number of carbonyl (C=O) groups excluding carboxylic acids is 3. The summed E-state index contributed by atoms with van der Waals surface area (Å²) in [6, 6.07) is 17.8. The maximum Gasteiger partial charge on any atom is 0.263 e. The lowest BCUT2D eigenvalue weighted by Gasteiger charge is -2.15. The molecule has 3 aromatic carbocycles. The molecule has 0 saturated heterocycles. The van der Waals surface area contributed by atoms with Gasteiger partial charge in [-0.15, -0.1) is 0 Å². The molecule has 210 valence electrons. The van der Waals surface area contributed by atoms with Crippen LogP contribution in [0.15, 0.2) is 72.8 Å². The lowest BCUT2D eigenvalue weighted by Crippen LogP contribution is -2.06. The Morgan fingerprint density at radius 2 is 0.829 bits per heavy atom. The summed E-state index contributed by atoms with van der Waals surface area (Å²) in [6.45, 7) is 4.05. The van der Waals surface area contributed by atoms with Crippen LogP contribution in [0.1, 0.15) is 20.8 Å². The summed E-state index contributed by atoms with van der Waals surface area (Å²) in [4.78, 5) is 37.7. The van der Waals surface area contributed by atoms with Gasteiger partial charge < -0.3 is 30.2 Å². The van der Waals surface area contributed by atoms with Gasteiger partial charge in [0, 0.05) is 37.8 Å². The van der Waals surface area contributed by atoms with Crippen LogP contribution in [0, 0.1) is 11.6 Å². The first-order valence-corrected chi connectivity index (χ1v) is 12.1. The minimum atomic E-state index is -1.24. The van der Waals surface area contributed by atoms with Crippen molar-refractivity contribution in [3.63, 3.8) is 0 Å². The van der Waals surface area contributed by atoms with Crippen molar-refractivity contribution in [1.82, 2.24) is 4.98 Å². The second-order valence-electron chi connectivity index (χ2n) is 8.60. The second kappa shape index (κ2) is 12.6. The van der Waals surface area contributed by atoms with Gasteiger partial charge in [-0.05, 0) is 72.8 Å². The largest absolute Gasteiger partial charge is 0.451 e. The number of aromatic nitrogens is 1. The second-order valence-corrected chi connectivity index (χ2v) is 8.60. The molecule has 0 spiro atoms. The third-order valence-corrected chi connectivity index (χ3v) is 5.15. The predicted molar refractivity (Wildman–Crippen MR) is 147 cm³/mol. The van der Waals surface area contributed by atoms with Gasteiger partial charge in [0.05, 0.1) is 0 Å². The van der Waals surface area contributed by atoms with Crippen LogP contribution in [-0.4, -0.2) is 22.7 Å². The first kappa shape index (κ1) is 28.5. The standard InChI is InChI=1S/C29H24F2N4O6/c1-16(36)32-19-4-10-22(11-5-19)39-27-25(30)28(40-23-12-6-20(7-13-23)33-17(2)37)35-29(26(27)31)41-24-14-8-21(9-15-24)34-18(3)38/h4-15H,1-3H3,(H,32,36)(H,33,37)(H,34,38). The van der Waals surface area contributed by atoms with Crippen LogP contribution in [-0.2, 0) is 14.4 Å². The minimum absolute atomic E-state index is 0.0549. The molecule has 1 aromatic heterocycles. The Labute approximate surface area is 233 Å². The molecule has 4 aromatic rings. The third kappa shape index (κ3) is 7.76. The number of nitrogens with one attached hydrogen (secondary N) is 3. The zero-order chi connectivity index (χ0) is 29.5. The molecule has 3 amide bonds. The quantitative estimate of drug-likeness (QED) is 0.209. The molecular weight excluding hydrogens is 538 g/mol. The van der Waals surface area contributed by atoms with E-state index in [2.05, 4.69) is 20.9 Å². The number of hydrogen-bond acceptors (Lipinski definition) is 7. The Balaban J connectivity index is 1.68. The molecule has 4 rings (SSSR count). The van der Waals surface area contributed by atoms with E-state index >= 15 is 8.78 Å². The van der Waals surface area contributed by atoms with Crippen LogP contribution >= 0.6 is 0 Å². The number of anilines is 3. The van der Waals surface area contributed by atoms with Crippen molar-refractivity contribution in [2.75, 3.05) is 16.0 Å². The van der Waals surface area contributed by atoms with Crippen molar-refractivity contribution in [3.05, 3.63) is 84.4 Å². The fourth-order valence-corrected chi connectivity index (χ4v) is 3.48. The van der Waals surface area contributed by atoms with E-state index in [0.29, 0.717) is 17.1 Å². The van der Waals surface area contributed by atoms with E-state index in [4.69, 9.17) is 14.2 Å². The average Bonchev–Trinajstić information content (AvgIpc) is 2.91. The van der Waals surface area contributed by atoms with E-state index in [0.717, 1.165) is 0 Å². The van der Waals surface area contributed by atoms with Crippen LogP contribution in [0.4, 0.5) is 25.8 Å². The van der Waals surface area contributed by atoms with Crippen LogP contribution in [0.2, 0.25) is 0 Å². The van der Waals surface area contributed by atoms with E-state index in [1.165, 1.54) is 93.6 Å². The number of pyridine rings is 1. The number of ether oxygens (including phenoxy) is 3. The van der Waals surface area contributed by atoms with E-state index in [1.54, 1.807) is 0 Å². The number of halogens is 2. The first-order chi connectivity index (χ1) is 19.6. The zero-order valence-electron chi connectivity index (χ0n) is 22.1. The highest BCUT2D eigenvalue weighted by atomic mass is 19.1. The smallest absolute Gasteiger partial charge is 0.263 e. The number of amides is 3. The topological polar surface area (TPSA) is 128 Å². The van der Waals surface area contributed by atoms with Crippen LogP contribution in [0.25, 0.3) is 0 Å². The fraction of sp³-hybridized carbons (Fsp3) is 0.103. The highest BCUT2D eigenvalue weighted by molar-refractivity contribution is 5.89. The zero-order valence-corrected chi connectivity index (χ0v) is 22.1. The number of carbonyl (C=O) groups is 3. The SMILES string of the molecule is CC(=O)Nc1ccc(Oc2nc(Oc3ccc(NC(C)=O)cc3)c(F)c(Oc3ccc(NC(C)=O)cc3)c2F)cc1. The summed E-state index contributed by atoms with van der Waals surface area (Å²) in [5.74, 6) is -5.14. The highest BCUT2D eigenvalue weighted by Gasteiger charge is 2.26. The lowest BCUT2D eigenvalue weighted by atomic mass is 10.3. The molecule has 10 nitrogen and oxygen atoms in total. The fourth-order valence-electron chi connectivity index (χ4n) is 3.48. The number of benzene rings is 3. The Morgan fingerprint density at radius 1 is 0.537 bits per heavy atom. The maximum absolute atomic E-state index is 15.5. The molecule has 0 saturated carbocycles. The van der Waals surface area contributed by atoms with Crippen molar-refractivity contribution in [3.8, 4) is 34.8 Å². The molecule has 0 atom stereocenters. The highest BCUT2D eigenvalue weighted by Crippen LogP contribution is 2.40. The molecule has 0 unspecified atom stereocenters. The third-order valence-electron chi connectivity index (χ3n) is 5.15. The summed E-state index contributed by atoms with van der Waals surface area (Å²) in [5, 5.41) is 7.77. The van der Waals surface area contributed by atoms with E-state index in [9.17, 15) is 14.4 Å². The van der Waals surface area contributed by atoms with E-state index in [1.807, 2.05) is 0 Å². The Morgan fingerprint density at radius 3 is 1.12 bits per heavy atom. The van der Waals surface area contributed by atoms with E-state index < -0.39 is 29.1 Å². The van der Waals surface area contributed by atoms with Gasteiger partial charge >= 0.3 is 0 Å². The Kier molecular flexibility index (Phi) is 8.72. The van der Waals surface area contributed by atoms with Crippen molar-refractivity contribution in [2.45, 2.75) is 20.8 Å². The van der Waals surface area contributed by atoms with Crippen LogP contribution < -0.4 is 30.2 Å². The number of hydrogen-bond donors (Lipinski definition) is 3. The lowest BCUT2D eigenvalue weighted by molar-refractivity contribution is -0.115. The number of nitrogens with zero attached hydrogens (tertiary/aromatic N) is 1. The minimum Gasteiger partial charge on any atom is -0.451 e. The van der Waals surface area contributed by atoms with Gasteiger partial charge in [0.15, 0.2) is 0 Å². The molecule has 12 heteroatoms. The van der Waals surface area contributed by atoms with Gasteiger partial charge in [0.25, 0.3) is 11.8 Å². The molecule has 41 heavy (non-hydrogen) atoms. The van der Waals surface area contributed by atoms with Gasteiger partial charge in [-0.25, -0.2) is 0 Å². The molecular formula is C29H24F2N4O6. The molecule has 0 radical (unpaired) electrons. The van der Waals surface area contributed by atoms with Crippen LogP contribution in [0.3, 0.4) is 0 Å². The summed E-state index contributed by atoms with van der Waals surface area (Å²) < 4.78 is 47.8. The Bertz CT molecular complexity index is 1490. The molecule has 1 heterocycles. The molecule has 0 aliphatic carbocycles. The molecule has 0 aliphatic heterocycles. The van der Waals surface area contributed by atoms with Gasteiger partial charge in [0.1, 0.15) is 17.2 Å². The van der Waals surface area contributed by atoms with Gasteiger partial charge in [-0.1, -0.05) is 0 Å². The van der Waals surface area contributed by atoms with Crippen molar-refractivity contribution >= 4 is 34.8 Å². The van der Waals surface area contributed by atoms with Gasteiger partial charge in [-0.3, -0.25) is 14.4 Å². The van der Waals surface area contributed by atoms with Gasteiger partial charge in [0.2, 0.25) is 35.1 Å². The maximum atomic E-state index is 15.5. The number of rotatable bonds is 9. The first-order valence-electron chi connectivity index (χ1n) is 12.1. The van der Waals surface area contributed by atoms with Crippen molar-refractivity contribution < 1.29 is 37.4 Å². The van der Waals surface area contributed by atoms with Crippen molar-refractivity contribution in [1.29, 1.82) is 0 Å². The molecule has 0 aliphatic rings. The predicted octanol–water partition coefficient (Wildman–Crippen LogP) is 6.61. The summed E-state index contributed by atoms with van der Waals surface area (Å²) in [6.07, 6.45) is 0. The Hall–Kier alpha value is -5.52. The van der Waals surface area contributed by atoms with E-state index in [-0.39, 0.29) is 35.0 Å². The van der Waals surface area contributed by atoms with Crippen molar-refractivity contribution in [2.24, 2.45) is 0 Å².